The Morgan fingerprint density at radius 1 is 1.10 bits per heavy atom. The van der Waals surface area contributed by atoms with Gasteiger partial charge in [-0.1, -0.05) is 0 Å². The first-order valence-electron chi connectivity index (χ1n) is 9.38. The van der Waals surface area contributed by atoms with Gasteiger partial charge in [-0.2, -0.15) is 0 Å². The number of nitrogens with one attached hydrogen (secondary N) is 1. The second-order valence-corrected chi connectivity index (χ2v) is 6.61. The fourth-order valence-electron chi connectivity index (χ4n) is 3.25. The van der Waals surface area contributed by atoms with Crippen molar-refractivity contribution in [2.45, 2.75) is 0 Å². The minimum atomic E-state index is -0.525. The number of amides is 1. The fraction of sp³-hybridized carbons (Fsp3) is 0.136. The molecule has 3 aromatic heterocycles. The molecule has 0 aliphatic carbocycles. The van der Waals surface area contributed by atoms with Gasteiger partial charge in [0, 0.05) is 42.7 Å². The van der Waals surface area contributed by atoms with Gasteiger partial charge in [0.15, 0.2) is 5.58 Å². The minimum Gasteiger partial charge on any atom is -0.496 e. The van der Waals surface area contributed by atoms with Crippen molar-refractivity contribution in [1.29, 1.82) is 0 Å². The van der Waals surface area contributed by atoms with Gasteiger partial charge < -0.3 is 25.9 Å². The third-order valence-corrected chi connectivity index (χ3v) is 4.68. The highest BCUT2D eigenvalue weighted by Gasteiger charge is 2.17. The van der Waals surface area contributed by atoms with Crippen LogP contribution in [-0.4, -0.2) is 36.1 Å². The SMILES string of the molecule is COc1ccc(C(N)=O)cc1-c1cc2nccc(-c3ccnc(NCCN)c3)c2o1. The van der Waals surface area contributed by atoms with Crippen LogP contribution in [0.25, 0.3) is 33.6 Å². The van der Waals surface area contributed by atoms with E-state index in [4.69, 9.17) is 20.6 Å². The van der Waals surface area contributed by atoms with Gasteiger partial charge >= 0.3 is 0 Å². The van der Waals surface area contributed by atoms with Gasteiger partial charge in [-0.05, 0) is 42.0 Å². The van der Waals surface area contributed by atoms with Crippen LogP contribution >= 0.6 is 0 Å². The Morgan fingerprint density at radius 3 is 2.70 bits per heavy atom. The van der Waals surface area contributed by atoms with E-state index in [1.54, 1.807) is 37.7 Å². The number of rotatable bonds is 7. The van der Waals surface area contributed by atoms with Crippen molar-refractivity contribution in [2.75, 3.05) is 25.5 Å². The standard InChI is InChI=1S/C22H21N5O3/c1-29-18-3-2-14(22(24)28)10-16(18)19-12-17-21(30-19)15(5-8-25-17)13-4-7-26-20(11-13)27-9-6-23/h2-5,7-8,10-12H,6,9,23H2,1H3,(H2,24,28)(H,26,27). The summed E-state index contributed by atoms with van der Waals surface area (Å²) in [5, 5.41) is 3.17. The third kappa shape index (κ3) is 3.68. The number of nitrogens with zero attached hydrogens (tertiary/aromatic N) is 2. The first-order chi connectivity index (χ1) is 14.6. The molecule has 4 aromatic rings. The summed E-state index contributed by atoms with van der Waals surface area (Å²) < 4.78 is 11.6. The lowest BCUT2D eigenvalue weighted by molar-refractivity contribution is 0.100. The van der Waals surface area contributed by atoms with E-state index in [0.29, 0.717) is 46.8 Å². The molecular formula is C22H21N5O3. The Hall–Kier alpha value is -3.91. The molecular weight excluding hydrogens is 382 g/mol. The topological polar surface area (TPSA) is 129 Å². The molecule has 8 heteroatoms. The van der Waals surface area contributed by atoms with Crippen molar-refractivity contribution in [3.8, 4) is 28.2 Å². The van der Waals surface area contributed by atoms with Gasteiger partial charge in [0.2, 0.25) is 5.91 Å². The Morgan fingerprint density at radius 2 is 1.93 bits per heavy atom. The number of hydrogen-bond acceptors (Lipinski definition) is 7. The number of methoxy groups -OCH3 is 1. The number of benzene rings is 1. The lowest BCUT2D eigenvalue weighted by atomic mass is 10.1. The molecule has 1 amide bonds. The lowest BCUT2D eigenvalue weighted by Gasteiger charge is -2.08. The van der Waals surface area contributed by atoms with Gasteiger partial charge in [-0.3, -0.25) is 9.78 Å². The monoisotopic (exact) mass is 403 g/mol. The summed E-state index contributed by atoms with van der Waals surface area (Å²) in [5.74, 6) is 1.30. The molecule has 4 rings (SSSR count). The minimum absolute atomic E-state index is 0.365. The van der Waals surface area contributed by atoms with E-state index in [1.165, 1.54) is 0 Å². The number of hydrogen-bond donors (Lipinski definition) is 3. The Kier molecular flexibility index (Phi) is 5.32. The molecule has 0 bridgehead atoms. The van der Waals surface area contributed by atoms with E-state index < -0.39 is 5.91 Å². The van der Waals surface area contributed by atoms with Crippen molar-refractivity contribution in [2.24, 2.45) is 11.5 Å². The zero-order valence-corrected chi connectivity index (χ0v) is 16.4. The van der Waals surface area contributed by atoms with Gasteiger partial charge in [-0.15, -0.1) is 0 Å². The smallest absolute Gasteiger partial charge is 0.248 e. The number of anilines is 1. The molecule has 0 unspecified atom stereocenters. The largest absolute Gasteiger partial charge is 0.496 e. The molecule has 0 saturated heterocycles. The normalized spacial score (nSPS) is 10.9. The number of fused-ring (bicyclic) bond motifs is 1. The van der Waals surface area contributed by atoms with Crippen LogP contribution in [0.3, 0.4) is 0 Å². The molecule has 0 aliphatic rings. The van der Waals surface area contributed by atoms with Crippen molar-refractivity contribution < 1.29 is 13.9 Å². The van der Waals surface area contributed by atoms with Crippen LogP contribution < -0.4 is 21.5 Å². The summed E-state index contributed by atoms with van der Waals surface area (Å²) in [5.41, 5.74) is 15.1. The first kappa shape index (κ1) is 19.4. The number of carbonyl (C=O) groups is 1. The van der Waals surface area contributed by atoms with Crippen LogP contribution in [0.5, 0.6) is 5.75 Å². The fourth-order valence-corrected chi connectivity index (χ4v) is 3.25. The lowest BCUT2D eigenvalue weighted by Crippen LogP contribution is -2.13. The highest BCUT2D eigenvalue weighted by molar-refractivity contribution is 5.96. The van der Waals surface area contributed by atoms with E-state index in [2.05, 4.69) is 15.3 Å². The molecule has 3 heterocycles. The molecule has 5 N–H and O–H groups in total. The van der Waals surface area contributed by atoms with Gasteiger partial charge in [0.05, 0.1) is 12.7 Å². The summed E-state index contributed by atoms with van der Waals surface area (Å²) in [6.07, 6.45) is 3.45. The molecule has 0 atom stereocenters. The molecule has 1 aromatic carbocycles. The van der Waals surface area contributed by atoms with Crippen LogP contribution in [0.1, 0.15) is 10.4 Å². The average molecular weight is 403 g/mol. The summed E-state index contributed by atoms with van der Waals surface area (Å²) in [6.45, 7) is 1.14. The first-order valence-corrected chi connectivity index (χ1v) is 9.38. The van der Waals surface area contributed by atoms with Crippen molar-refractivity contribution >= 4 is 22.8 Å². The number of nitrogens with two attached hydrogens (primary N) is 2. The molecule has 152 valence electrons. The number of primary amides is 1. The number of pyridine rings is 2. The maximum absolute atomic E-state index is 11.6. The van der Waals surface area contributed by atoms with Crippen LogP contribution in [0.4, 0.5) is 5.82 Å². The number of ether oxygens (including phenoxy) is 1. The summed E-state index contributed by atoms with van der Waals surface area (Å²) in [4.78, 5) is 20.4. The second-order valence-electron chi connectivity index (χ2n) is 6.61. The van der Waals surface area contributed by atoms with E-state index >= 15 is 0 Å². The predicted octanol–water partition coefficient (Wildman–Crippen LogP) is 3.03. The Bertz CT molecular complexity index is 1220. The molecule has 0 spiro atoms. The molecule has 0 saturated carbocycles. The number of aromatic nitrogens is 2. The highest BCUT2D eigenvalue weighted by Crippen LogP contribution is 2.37. The van der Waals surface area contributed by atoms with E-state index in [-0.39, 0.29) is 0 Å². The van der Waals surface area contributed by atoms with Gasteiger partial charge in [-0.25, -0.2) is 4.98 Å². The van der Waals surface area contributed by atoms with E-state index in [1.807, 2.05) is 24.3 Å². The Balaban J connectivity index is 1.83. The summed E-state index contributed by atoms with van der Waals surface area (Å²) in [6, 6.07) is 12.5. The van der Waals surface area contributed by atoms with Gasteiger partial charge in [0.25, 0.3) is 0 Å². The highest BCUT2D eigenvalue weighted by atomic mass is 16.5. The number of furan rings is 1. The zero-order chi connectivity index (χ0) is 21.1. The van der Waals surface area contributed by atoms with Crippen molar-refractivity contribution in [3.05, 3.63) is 60.4 Å². The second kappa shape index (κ2) is 8.22. The van der Waals surface area contributed by atoms with Crippen LogP contribution in [0.2, 0.25) is 0 Å². The quantitative estimate of drug-likeness (QED) is 0.432. The molecule has 0 radical (unpaired) electrons. The zero-order valence-electron chi connectivity index (χ0n) is 16.4. The summed E-state index contributed by atoms with van der Waals surface area (Å²) >= 11 is 0. The molecule has 8 nitrogen and oxygen atoms in total. The third-order valence-electron chi connectivity index (χ3n) is 4.68. The van der Waals surface area contributed by atoms with Crippen molar-refractivity contribution in [1.82, 2.24) is 9.97 Å². The molecule has 30 heavy (non-hydrogen) atoms. The average Bonchev–Trinajstić information content (AvgIpc) is 3.21. The van der Waals surface area contributed by atoms with E-state index in [0.717, 1.165) is 16.9 Å². The van der Waals surface area contributed by atoms with Gasteiger partial charge in [0.1, 0.15) is 22.8 Å². The maximum atomic E-state index is 11.6. The Labute approximate surface area is 172 Å². The molecule has 0 aliphatic heterocycles. The van der Waals surface area contributed by atoms with Crippen LogP contribution in [0.15, 0.2) is 59.3 Å². The van der Waals surface area contributed by atoms with E-state index in [9.17, 15) is 4.79 Å². The molecule has 0 fully saturated rings. The maximum Gasteiger partial charge on any atom is 0.248 e. The summed E-state index contributed by atoms with van der Waals surface area (Å²) in [7, 11) is 1.56. The van der Waals surface area contributed by atoms with Crippen LogP contribution in [0, 0.1) is 0 Å². The number of carbonyl (C=O) groups excluding carboxylic acids is 1. The van der Waals surface area contributed by atoms with Crippen molar-refractivity contribution in [3.63, 3.8) is 0 Å². The predicted molar refractivity (Wildman–Crippen MR) is 115 cm³/mol. The van der Waals surface area contributed by atoms with Crippen LogP contribution in [-0.2, 0) is 0 Å².